The predicted molar refractivity (Wildman–Crippen MR) is 101 cm³/mol. The van der Waals surface area contributed by atoms with Gasteiger partial charge in [-0.2, -0.15) is 0 Å². The lowest BCUT2D eigenvalue weighted by atomic mass is 10.00. The summed E-state index contributed by atoms with van der Waals surface area (Å²) in [4.78, 5) is 16.9. The van der Waals surface area contributed by atoms with E-state index in [0.717, 1.165) is 35.5 Å². The summed E-state index contributed by atoms with van der Waals surface area (Å²) in [6.07, 6.45) is 3.78. The third-order valence-corrected chi connectivity index (χ3v) is 5.53. The molecule has 1 aromatic carbocycles. The molecule has 1 fully saturated rings. The Morgan fingerprint density at radius 3 is 2.79 bits per heavy atom. The van der Waals surface area contributed by atoms with Crippen molar-refractivity contribution in [1.82, 2.24) is 10.3 Å². The minimum Gasteiger partial charge on any atom is -0.347 e. The number of nitrogens with one attached hydrogen (secondary N) is 1. The molecule has 130 valence electrons. The predicted octanol–water partition coefficient (Wildman–Crippen LogP) is 3.93. The number of hydrogen-bond acceptors (Lipinski definition) is 4. The van der Waals surface area contributed by atoms with E-state index in [1.54, 1.807) is 11.3 Å². The van der Waals surface area contributed by atoms with E-state index in [4.69, 9.17) is 5.73 Å². The van der Waals surface area contributed by atoms with E-state index >= 15 is 0 Å². The van der Waals surface area contributed by atoms with Crippen LogP contribution in [0.1, 0.15) is 43.7 Å². The van der Waals surface area contributed by atoms with Crippen LogP contribution in [0.25, 0.3) is 11.3 Å². The zero-order chi connectivity index (χ0) is 16.2. The van der Waals surface area contributed by atoms with Gasteiger partial charge < -0.3 is 11.1 Å². The van der Waals surface area contributed by atoms with Gasteiger partial charge >= 0.3 is 0 Å². The average molecular weight is 366 g/mol. The first-order valence-electron chi connectivity index (χ1n) is 8.19. The fourth-order valence-electron chi connectivity index (χ4n) is 3.15. The van der Waals surface area contributed by atoms with E-state index in [1.165, 1.54) is 0 Å². The quantitative estimate of drug-likeness (QED) is 0.843. The maximum atomic E-state index is 12.2. The van der Waals surface area contributed by atoms with Crippen LogP contribution in [-0.4, -0.2) is 16.9 Å². The molecule has 3 atom stereocenters. The molecule has 3 rings (SSSR count). The highest BCUT2D eigenvalue weighted by atomic mass is 35.5. The molecular weight excluding hydrogens is 342 g/mol. The van der Waals surface area contributed by atoms with Crippen LogP contribution in [0.4, 0.5) is 0 Å². The van der Waals surface area contributed by atoms with Crippen molar-refractivity contribution in [2.45, 2.75) is 44.7 Å². The maximum Gasteiger partial charge on any atom is 0.220 e. The van der Waals surface area contributed by atoms with Gasteiger partial charge in [0.05, 0.1) is 11.7 Å². The Morgan fingerprint density at radius 2 is 2.12 bits per heavy atom. The van der Waals surface area contributed by atoms with Gasteiger partial charge in [0.2, 0.25) is 5.91 Å². The van der Waals surface area contributed by atoms with Crippen LogP contribution >= 0.6 is 23.7 Å². The molecule has 0 bridgehead atoms. The molecule has 2 aromatic rings. The van der Waals surface area contributed by atoms with Gasteiger partial charge in [0.25, 0.3) is 0 Å². The van der Waals surface area contributed by atoms with Gasteiger partial charge in [0, 0.05) is 23.4 Å². The molecule has 1 aromatic heterocycles. The smallest absolute Gasteiger partial charge is 0.220 e. The fraction of sp³-hybridized carbons (Fsp3) is 0.444. The summed E-state index contributed by atoms with van der Waals surface area (Å²) in [5, 5.41) is 6.04. The number of halogens is 1. The minimum atomic E-state index is -0.0670. The highest BCUT2D eigenvalue weighted by molar-refractivity contribution is 7.10. The first-order valence-corrected chi connectivity index (χ1v) is 9.07. The molecule has 1 aliphatic carbocycles. The van der Waals surface area contributed by atoms with Crippen LogP contribution in [0.2, 0.25) is 0 Å². The van der Waals surface area contributed by atoms with E-state index in [0.29, 0.717) is 12.3 Å². The molecule has 0 radical (unpaired) electrons. The molecule has 1 saturated carbocycles. The molecular formula is C18H24ClN3OS. The van der Waals surface area contributed by atoms with Crippen LogP contribution in [-0.2, 0) is 4.79 Å². The molecule has 6 heteroatoms. The number of benzene rings is 1. The largest absolute Gasteiger partial charge is 0.347 e. The van der Waals surface area contributed by atoms with E-state index in [2.05, 4.69) is 10.3 Å². The highest BCUT2D eigenvalue weighted by Crippen LogP contribution is 2.28. The number of nitrogens with two attached hydrogens (primary N) is 1. The molecule has 0 aliphatic heterocycles. The van der Waals surface area contributed by atoms with Crippen molar-refractivity contribution < 1.29 is 4.79 Å². The van der Waals surface area contributed by atoms with E-state index in [9.17, 15) is 4.79 Å². The molecule has 1 amide bonds. The molecule has 24 heavy (non-hydrogen) atoms. The molecule has 0 spiro atoms. The van der Waals surface area contributed by atoms with Crippen molar-refractivity contribution in [1.29, 1.82) is 0 Å². The number of amides is 1. The van der Waals surface area contributed by atoms with Crippen molar-refractivity contribution in [2.24, 2.45) is 11.7 Å². The molecule has 4 nitrogen and oxygen atoms in total. The second-order valence-corrected chi connectivity index (χ2v) is 7.17. The second-order valence-electron chi connectivity index (χ2n) is 6.29. The first-order chi connectivity index (χ1) is 11.1. The van der Waals surface area contributed by atoms with Crippen LogP contribution in [0.15, 0.2) is 35.7 Å². The number of carbonyl (C=O) groups excluding carboxylic acids is 1. The summed E-state index contributed by atoms with van der Waals surface area (Å²) in [7, 11) is 0. The normalized spacial score (nSPS) is 21.1. The Morgan fingerprint density at radius 1 is 1.38 bits per heavy atom. The topological polar surface area (TPSA) is 68.0 Å². The van der Waals surface area contributed by atoms with Gasteiger partial charge in [-0.05, 0) is 25.7 Å². The Bertz CT molecular complexity index is 661. The lowest BCUT2D eigenvalue weighted by molar-refractivity contribution is -0.122. The SMILES string of the molecule is CC(NC(=O)C[C@@H]1CCC[C@H]1N)c1nc(-c2ccccc2)cs1.Cl. The Kier molecular flexibility index (Phi) is 6.78. The molecule has 0 saturated heterocycles. The maximum absolute atomic E-state index is 12.2. The summed E-state index contributed by atoms with van der Waals surface area (Å²) in [5.41, 5.74) is 8.11. The van der Waals surface area contributed by atoms with Crippen LogP contribution in [0.3, 0.4) is 0 Å². The van der Waals surface area contributed by atoms with Crippen LogP contribution in [0.5, 0.6) is 0 Å². The van der Waals surface area contributed by atoms with Crippen LogP contribution < -0.4 is 11.1 Å². The van der Waals surface area contributed by atoms with Gasteiger partial charge in [0.1, 0.15) is 5.01 Å². The van der Waals surface area contributed by atoms with Gasteiger partial charge in [-0.25, -0.2) is 4.98 Å². The summed E-state index contributed by atoms with van der Waals surface area (Å²) >= 11 is 1.59. The fourth-order valence-corrected chi connectivity index (χ4v) is 3.98. The lowest BCUT2D eigenvalue weighted by Gasteiger charge is -2.17. The number of rotatable bonds is 5. The number of carbonyl (C=O) groups is 1. The van der Waals surface area contributed by atoms with E-state index in [-0.39, 0.29) is 30.4 Å². The Labute approximate surface area is 153 Å². The number of thiazole rings is 1. The standard InChI is InChI=1S/C18H23N3OS.ClH/c1-12(20-17(22)10-14-8-5-9-15(14)19)18-21-16(11-23-18)13-6-3-2-4-7-13;/h2-4,6-7,11-12,14-15H,5,8-10,19H2,1H3,(H,20,22);1H/t12?,14-,15+;/m0./s1. The lowest BCUT2D eigenvalue weighted by Crippen LogP contribution is -2.32. The third-order valence-electron chi connectivity index (χ3n) is 4.50. The second kappa shape index (κ2) is 8.60. The number of aromatic nitrogens is 1. The summed E-state index contributed by atoms with van der Waals surface area (Å²) < 4.78 is 0. The Balaban J connectivity index is 0.00000208. The zero-order valence-corrected chi connectivity index (χ0v) is 15.4. The van der Waals surface area contributed by atoms with Crippen molar-refractivity contribution in [2.75, 3.05) is 0 Å². The van der Waals surface area contributed by atoms with Crippen molar-refractivity contribution >= 4 is 29.7 Å². The van der Waals surface area contributed by atoms with Gasteiger partial charge in [-0.1, -0.05) is 36.8 Å². The van der Waals surface area contributed by atoms with Crippen LogP contribution in [0, 0.1) is 5.92 Å². The van der Waals surface area contributed by atoms with E-state index < -0.39 is 0 Å². The van der Waals surface area contributed by atoms with Gasteiger partial charge in [-0.15, -0.1) is 23.7 Å². The monoisotopic (exact) mass is 365 g/mol. The zero-order valence-electron chi connectivity index (χ0n) is 13.8. The van der Waals surface area contributed by atoms with E-state index in [1.807, 2.05) is 42.6 Å². The van der Waals surface area contributed by atoms with Crippen molar-refractivity contribution in [3.63, 3.8) is 0 Å². The molecule has 1 aliphatic rings. The average Bonchev–Trinajstić information content (AvgIpc) is 3.18. The molecule has 1 heterocycles. The minimum absolute atomic E-state index is 0. The summed E-state index contributed by atoms with van der Waals surface area (Å²) in [6, 6.07) is 10.2. The highest BCUT2D eigenvalue weighted by Gasteiger charge is 2.26. The van der Waals surface area contributed by atoms with Gasteiger partial charge in [-0.3, -0.25) is 4.79 Å². The van der Waals surface area contributed by atoms with Crippen molar-refractivity contribution in [3.8, 4) is 11.3 Å². The summed E-state index contributed by atoms with van der Waals surface area (Å²) in [5.74, 6) is 0.412. The van der Waals surface area contributed by atoms with Gasteiger partial charge in [0.15, 0.2) is 0 Å². The Hall–Kier alpha value is -1.43. The number of nitrogens with zero attached hydrogens (tertiary/aromatic N) is 1. The number of hydrogen-bond donors (Lipinski definition) is 2. The van der Waals surface area contributed by atoms with Crippen molar-refractivity contribution in [3.05, 3.63) is 40.7 Å². The molecule has 1 unspecified atom stereocenters. The molecule has 3 N–H and O–H groups in total. The summed E-state index contributed by atoms with van der Waals surface area (Å²) in [6.45, 7) is 1.99. The third kappa shape index (κ3) is 4.56. The first kappa shape index (κ1) is 18.9.